The zero-order valence-electron chi connectivity index (χ0n) is 17.7. The summed E-state index contributed by atoms with van der Waals surface area (Å²) in [5, 5.41) is 10.0. The van der Waals surface area contributed by atoms with Gasteiger partial charge in [0.2, 0.25) is 5.91 Å². The number of furan rings is 1. The van der Waals surface area contributed by atoms with Crippen molar-refractivity contribution in [1.29, 1.82) is 0 Å². The van der Waals surface area contributed by atoms with Crippen LogP contribution in [-0.4, -0.2) is 40.0 Å². The van der Waals surface area contributed by atoms with Crippen LogP contribution in [0.15, 0.2) is 59.2 Å². The predicted molar refractivity (Wildman–Crippen MR) is 116 cm³/mol. The number of benzene rings is 1. The number of aromatic nitrogens is 2. The lowest BCUT2D eigenvalue weighted by molar-refractivity contribution is -0.134. The normalized spacial score (nSPS) is 15.6. The van der Waals surface area contributed by atoms with E-state index in [4.69, 9.17) is 4.42 Å². The van der Waals surface area contributed by atoms with Gasteiger partial charge in [-0.15, -0.1) is 0 Å². The summed E-state index contributed by atoms with van der Waals surface area (Å²) in [6.07, 6.45) is 4.08. The molecule has 31 heavy (non-hydrogen) atoms. The minimum absolute atomic E-state index is 0.0886. The Labute approximate surface area is 181 Å². The Morgan fingerprint density at radius 2 is 1.97 bits per heavy atom. The molecule has 0 bridgehead atoms. The van der Waals surface area contributed by atoms with Gasteiger partial charge in [0.1, 0.15) is 11.5 Å². The van der Waals surface area contributed by atoms with Crippen molar-refractivity contribution in [2.75, 3.05) is 13.1 Å². The van der Waals surface area contributed by atoms with Gasteiger partial charge in [-0.2, -0.15) is 5.10 Å². The summed E-state index contributed by atoms with van der Waals surface area (Å²) in [4.78, 5) is 27.4. The van der Waals surface area contributed by atoms with Gasteiger partial charge in [-0.1, -0.05) is 37.3 Å². The summed E-state index contributed by atoms with van der Waals surface area (Å²) in [6, 6.07) is 15.4. The molecule has 2 aromatic heterocycles. The van der Waals surface area contributed by atoms with Crippen molar-refractivity contribution in [1.82, 2.24) is 20.4 Å². The van der Waals surface area contributed by atoms with Crippen molar-refractivity contribution >= 4 is 11.8 Å². The first-order valence-electron chi connectivity index (χ1n) is 10.8. The number of nitrogens with one attached hydrogen (secondary N) is 2. The molecule has 1 saturated heterocycles. The van der Waals surface area contributed by atoms with Crippen LogP contribution in [0.4, 0.5) is 0 Å². The number of hydrogen-bond donors (Lipinski definition) is 2. The third-order valence-electron chi connectivity index (χ3n) is 5.99. The van der Waals surface area contributed by atoms with Crippen molar-refractivity contribution < 1.29 is 14.0 Å². The minimum Gasteiger partial charge on any atom is -0.467 e. The zero-order chi connectivity index (χ0) is 21.6. The lowest BCUT2D eigenvalue weighted by Gasteiger charge is -2.34. The number of likely N-dealkylation sites (tertiary alicyclic amines) is 1. The Morgan fingerprint density at radius 3 is 2.65 bits per heavy atom. The number of carbonyl (C=O) groups excluding carboxylic acids is 2. The SMILES string of the molecule is CCC(C(=O)N1CCC(c2cc(C(=O)NCc3ccco3)n[nH]2)CC1)c1ccccc1. The largest absolute Gasteiger partial charge is 0.467 e. The summed E-state index contributed by atoms with van der Waals surface area (Å²) >= 11 is 0. The number of carbonyl (C=O) groups is 2. The molecule has 4 rings (SSSR count). The number of nitrogens with zero attached hydrogens (tertiary/aromatic N) is 2. The van der Waals surface area contributed by atoms with Crippen molar-refractivity contribution in [2.45, 2.75) is 44.6 Å². The lowest BCUT2D eigenvalue weighted by Crippen LogP contribution is -2.40. The molecule has 1 aliphatic heterocycles. The molecule has 7 nitrogen and oxygen atoms in total. The average Bonchev–Trinajstić information content (AvgIpc) is 3.51. The van der Waals surface area contributed by atoms with Gasteiger partial charge >= 0.3 is 0 Å². The van der Waals surface area contributed by atoms with E-state index in [1.54, 1.807) is 12.3 Å². The zero-order valence-corrected chi connectivity index (χ0v) is 17.7. The molecular weight excluding hydrogens is 392 g/mol. The predicted octanol–water partition coefficient (Wildman–Crippen LogP) is 3.83. The number of amides is 2. The molecule has 1 aliphatic rings. The summed E-state index contributed by atoms with van der Waals surface area (Å²) < 4.78 is 5.23. The smallest absolute Gasteiger partial charge is 0.272 e. The topological polar surface area (TPSA) is 91.2 Å². The Balaban J connectivity index is 1.31. The second-order valence-electron chi connectivity index (χ2n) is 7.94. The van der Waals surface area contributed by atoms with Gasteiger partial charge in [-0.25, -0.2) is 0 Å². The maximum absolute atomic E-state index is 13.1. The first-order chi connectivity index (χ1) is 15.2. The van der Waals surface area contributed by atoms with E-state index in [2.05, 4.69) is 22.4 Å². The Bertz CT molecular complexity index is 989. The third kappa shape index (κ3) is 4.87. The molecule has 2 amide bonds. The number of hydrogen-bond acceptors (Lipinski definition) is 4. The van der Waals surface area contributed by atoms with Gasteiger partial charge in [0.05, 0.1) is 18.7 Å². The molecule has 7 heteroatoms. The van der Waals surface area contributed by atoms with E-state index in [9.17, 15) is 9.59 Å². The van der Waals surface area contributed by atoms with Crippen molar-refractivity contribution in [3.8, 4) is 0 Å². The van der Waals surface area contributed by atoms with Crippen molar-refractivity contribution in [2.24, 2.45) is 0 Å². The molecule has 0 radical (unpaired) electrons. The van der Waals surface area contributed by atoms with E-state index in [0.29, 0.717) is 31.1 Å². The maximum Gasteiger partial charge on any atom is 0.272 e. The Hall–Kier alpha value is -3.35. The number of piperidine rings is 1. The highest BCUT2D eigenvalue weighted by molar-refractivity contribution is 5.92. The van der Waals surface area contributed by atoms with Crippen LogP contribution in [-0.2, 0) is 11.3 Å². The van der Waals surface area contributed by atoms with E-state index >= 15 is 0 Å². The molecule has 3 aromatic rings. The molecule has 1 unspecified atom stereocenters. The van der Waals surface area contributed by atoms with Crippen LogP contribution in [0, 0.1) is 0 Å². The summed E-state index contributed by atoms with van der Waals surface area (Å²) in [5.41, 5.74) is 2.40. The van der Waals surface area contributed by atoms with Gasteiger partial charge in [-0.3, -0.25) is 14.7 Å². The number of H-pyrrole nitrogens is 1. The van der Waals surface area contributed by atoms with Gasteiger partial charge < -0.3 is 14.6 Å². The van der Waals surface area contributed by atoms with Crippen LogP contribution in [0.2, 0.25) is 0 Å². The van der Waals surface area contributed by atoms with Crippen LogP contribution in [0.3, 0.4) is 0 Å². The van der Waals surface area contributed by atoms with E-state index in [1.807, 2.05) is 47.4 Å². The fourth-order valence-electron chi connectivity index (χ4n) is 4.20. The first kappa shape index (κ1) is 20.9. The quantitative estimate of drug-likeness (QED) is 0.608. The van der Waals surface area contributed by atoms with Crippen LogP contribution in [0.25, 0.3) is 0 Å². The van der Waals surface area contributed by atoms with Crippen molar-refractivity contribution in [3.63, 3.8) is 0 Å². The average molecular weight is 421 g/mol. The molecule has 0 saturated carbocycles. The fraction of sp³-hybridized carbons (Fsp3) is 0.375. The second-order valence-corrected chi connectivity index (χ2v) is 7.94. The minimum atomic E-state index is -0.236. The van der Waals surface area contributed by atoms with Gasteiger partial charge in [0.25, 0.3) is 5.91 Å². The third-order valence-corrected chi connectivity index (χ3v) is 5.99. The molecule has 0 aliphatic carbocycles. The van der Waals surface area contributed by atoms with E-state index in [-0.39, 0.29) is 23.7 Å². The Kier molecular flexibility index (Phi) is 6.50. The highest BCUT2D eigenvalue weighted by Gasteiger charge is 2.29. The molecule has 2 N–H and O–H groups in total. The van der Waals surface area contributed by atoms with Crippen molar-refractivity contribution in [3.05, 3.63) is 77.5 Å². The number of aromatic amines is 1. The molecule has 1 atom stereocenters. The maximum atomic E-state index is 13.1. The molecule has 1 aromatic carbocycles. The van der Waals surface area contributed by atoms with Crippen LogP contribution in [0.5, 0.6) is 0 Å². The highest BCUT2D eigenvalue weighted by Crippen LogP contribution is 2.30. The molecule has 0 spiro atoms. The van der Waals surface area contributed by atoms with Crippen LogP contribution < -0.4 is 5.32 Å². The van der Waals surface area contributed by atoms with E-state index < -0.39 is 0 Å². The molecular formula is C24H28N4O3. The molecule has 3 heterocycles. The standard InChI is InChI=1S/C24H28N4O3/c1-2-20(17-7-4-3-5-8-17)24(30)28-12-10-18(11-13-28)21-15-22(27-26-21)23(29)25-16-19-9-6-14-31-19/h3-9,14-15,18,20H,2,10-13,16H2,1H3,(H,25,29)(H,26,27). The van der Waals surface area contributed by atoms with Gasteiger partial charge in [0, 0.05) is 24.7 Å². The Morgan fingerprint density at radius 1 is 1.19 bits per heavy atom. The van der Waals surface area contributed by atoms with Gasteiger partial charge in [0.15, 0.2) is 0 Å². The summed E-state index contributed by atoms with van der Waals surface area (Å²) in [7, 11) is 0. The fourth-order valence-corrected chi connectivity index (χ4v) is 4.20. The summed E-state index contributed by atoms with van der Waals surface area (Å²) in [6.45, 7) is 3.82. The van der Waals surface area contributed by atoms with E-state index in [1.165, 1.54) is 0 Å². The highest BCUT2D eigenvalue weighted by atomic mass is 16.3. The monoisotopic (exact) mass is 420 g/mol. The van der Waals surface area contributed by atoms with Gasteiger partial charge in [-0.05, 0) is 43.0 Å². The molecule has 162 valence electrons. The molecule has 1 fully saturated rings. The summed E-state index contributed by atoms with van der Waals surface area (Å²) in [5.74, 6) is 0.839. The van der Waals surface area contributed by atoms with Crippen LogP contribution >= 0.6 is 0 Å². The second kappa shape index (κ2) is 9.64. The number of rotatable bonds is 7. The lowest BCUT2D eigenvalue weighted by atomic mass is 9.90. The van der Waals surface area contributed by atoms with E-state index in [0.717, 1.165) is 30.5 Å². The first-order valence-corrected chi connectivity index (χ1v) is 10.8. The van der Waals surface area contributed by atoms with Crippen LogP contribution in [0.1, 0.15) is 65.5 Å².